The summed E-state index contributed by atoms with van der Waals surface area (Å²) >= 11 is 5.89. The molecule has 104 valence electrons. The van der Waals surface area contributed by atoms with Gasteiger partial charge in [-0.3, -0.25) is 0 Å². The number of halogens is 4. The molecule has 19 heavy (non-hydrogen) atoms. The van der Waals surface area contributed by atoms with Gasteiger partial charge in [-0.1, -0.05) is 11.6 Å². The van der Waals surface area contributed by atoms with E-state index < -0.39 is 11.7 Å². The summed E-state index contributed by atoms with van der Waals surface area (Å²) in [5.74, 6) is 0.924. The van der Waals surface area contributed by atoms with Crippen LogP contribution in [0.3, 0.4) is 0 Å². The third-order valence-electron chi connectivity index (χ3n) is 3.81. The monoisotopic (exact) mass is 291 g/mol. The maximum atomic E-state index is 12.5. The van der Waals surface area contributed by atoms with Gasteiger partial charge in [0.05, 0.1) is 16.1 Å². The van der Waals surface area contributed by atoms with Gasteiger partial charge in [-0.25, -0.2) is 4.98 Å². The Morgan fingerprint density at radius 1 is 1.37 bits per heavy atom. The summed E-state index contributed by atoms with van der Waals surface area (Å²) in [6, 6.07) is 0.914. The second-order valence-electron chi connectivity index (χ2n) is 5.39. The summed E-state index contributed by atoms with van der Waals surface area (Å²) < 4.78 is 37.5. The standard InChI is InChI=1S/C12H13ClF3N3/c13-9-3-8(12(14,15)16)4-18-10(9)19-5-11(17,6-19)7-1-2-7/h3-4,7H,1-2,5-6,17H2. The molecule has 2 fully saturated rings. The zero-order chi connectivity index (χ0) is 13.8. The number of anilines is 1. The zero-order valence-electron chi connectivity index (χ0n) is 10.0. The van der Waals surface area contributed by atoms with Crippen molar-refractivity contribution in [2.45, 2.75) is 24.6 Å². The van der Waals surface area contributed by atoms with Crippen LogP contribution in [-0.2, 0) is 6.18 Å². The Morgan fingerprint density at radius 3 is 2.47 bits per heavy atom. The maximum absolute atomic E-state index is 12.5. The van der Waals surface area contributed by atoms with Crippen molar-refractivity contribution in [2.24, 2.45) is 11.7 Å². The SMILES string of the molecule is NC1(C2CC2)CN(c2ncc(C(F)(F)F)cc2Cl)C1. The number of rotatable bonds is 2. The maximum Gasteiger partial charge on any atom is 0.417 e. The molecule has 3 rings (SSSR count). The summed E-state index contributed by atoms with van der Waals surface area (Å²) in [5.41, 5.74) is 5.15. The minimum absolute atomic E-state index is 0.0210. The normalized spacial score (nSPS) is 22.3. The van der Waals surface area contributed by atoms with Gasteiger partial charge in [0.2, 0.25) is 0 Å². The minimum atomic E-state index is -4.42. The van der Waals surface area contributed by atoms with E-state index in [1.54, 1.807) is 0 Å². The Hall–Kier alpha value is -1.01. The molecular weight excluding hydrogens is 279 g/mol. The fourth-order valence-electron chi connectivity index (χ4n) is 2.55. The Bertz CT molecular complexity index is 507. The van der Waals surface area contributed by atoms with Crippen molar-refractivity contribution in [1.82, 2.24) is 4.98 Å². The topological polar surface area (TPSA) is 42.1 Å². The van der Waals surface area contributed by atoms with E-state index in [2.05, 4.69) is 4.98 Å². The lowest BCUT2D eigenvalue weighted by atomic mass is 9.86. The number of hydrogen-bond acceptors (Lipinski definition) is 3. The van der Waals surface area contributed by atoms with Crippen LogP contribution < -0.4 is 10.6 Å². The first-order valence-corrected chi connectivity index (χ1v) is 6.44. The van der Waals surface area contributed by atoms with Crippen LogP contribution in [0.5, 0.6) is 0 Å². The van der Waals surface area contributed by atoms with Crippen molar-refractivity contribution in [1.29, 1.82) is 0 Å². The lowest BCUT2D eigenvalue weighted by Gasteiger charge is -2.49. The Labute approximate surface area is 113 Å². The molecule has 1 saturated carbocycles. The van der Waals surface area contributed by atoms with Crippen molar-refractivity contribution in [3.05, 3.63) is 22.8 Å². The molecule has 0 atom stereocenters. The zero-order valence-corrected chi connectivity index (χ0v) is 10.8. The van der Waals surface area contributed by atoms with Gasteiger partial charge in [0.25, 0.3) is 0 Å². The molecule has 7 heteroatoms. The van der Waals surface area contributed by atoms with Gasteiger partial charge in [-0.15, -0.1) is 0 Å². The highest BCUT2D eigenvalue weighted by Gasteiger charge is 2.51. The number of pyridine rings is 1. The van der Waals surface area contributed by atoms with Crippen LogP contribution >= 0.6 is 11.6 Å². The van der Waals surface area contributed by atoms with Gasteiger partial charge < -0.3 is 10.6 Å². The molecule has 0 radical (unpaired) electrons. The highest BCUT2D eigenvalue weighted by atomic mass is 35.5. The van der Waals surface area contributed by atoms with Crippen LogP contribution in [0.25, 0.3) is 0 Å². The van der Waals surface area contributed by atoms with E-state index in [4.69, 9.17) is 17.3 Å². The van der Waals surface area contributed by atoms with Crippen LogP contribution in [0.1, 0.15) is 18.4 Å². The third kappa shape index (κ3) is 2.27. The number of aromatic nitrogens is 1. The van der Waals surface area contributed by atoms with Crippen molar-refractivity contribution in [3.63, 3.8) is 0 Å². The number of nitrogens with two attached hydrogens (primary N) is 1. The minimum Gasteiger partial charge on any atom is -0.352 e. The molecule has 0 amide bonds. The fourth-order valence-corrected chi connectivity index (χ4v) is 2.83. The van der Waals surface area contributed by atoms with Crippen molar-refractivity contribution >= 4 is 17.4 Å². The van der Waals surface area contributed by atoms with Crippen molar-refractivity contribution < 1.29 is 13.2 Å². The molecule has 1 saturated heterocycles. The number of hydrogen-bond donors (Lipinski definition) is 1. The second kappa shape index (κ2) is 3.99. The lowest BCUT2D eigenvalue weighted by molar-refractivity contribution is -0.137. The molecule has 0 bridgehead atoms. The number of nitrogens with zero attached hydrogens (tertiary/aromatic N) is 2. The van der Waals surface area contributed by atoms with Crippen LogP contribution in [0, 0.1) is 5.92 Å². The lowest BCUT2D eigenvalue weighted by Crippen LogP contribution is -2.69. The highest BCUT2D eigenvalue weighted by Crippen LogP contribution is 2.45. The van der Waals surface area contributed by atoms with Gasteiger partial charge in [0.1, 0.15) is 5.82 Å². The van der Waals surface area contributed by atoms with Gasteiger partial charge in [-0.2, -0.15) is 13.2 Å². The molecule has 1 aliphatic heterocycles. The van der Waals surface area contributed by atoms with E-state index in [1.165, 1.54) is 0 Å². The predicted octanol–water partition coefficient (Wildman–Crippen LogP) is 2.68. The largest absolute Gasteiger partial charge is 0.417 e. The second-order valence-corrected chi connectivity index (χ2v) is 5.80. The van der Waals surface area contributed by atoms with Crippen molar-refractivity contribution in [2.75, 3.05) is 18.0 Å². The molecule has 2 N–H and O–H groups in total. The van der Waals surface area contributed by atoms with E-state index in [-0.39, 0.29) is 10.6 Å². The van der Waals surface area contributed by atoms with Gasteiger partial charge in [0, 0.05) is 19.3 Å². The molecule has 1 aliphatic carbocycles. The summed E-state index contributed by atoms with van der Waals surface area (Å²) in [6.45, 7) is 1.21. The molecular formula is C12H13ClF3N3. The Kier molecular flexibility index (Phi) is 2.73. The van der Waals surface area contributed by atoms with E-state index in [1.807, 2.05) is 4.90 Å². The molecule has 0 spiro atoms. The predicted molar refractivity (Wildman–Crippen MR) is 66.1 cm³/mol. The smallest absolute Gasteiger partial charge is 0.352 e. The molecule has 2 aliphatic rings. The Balaban J connectivity index is 1.76. The summed E-state index contributed by atoms with van der Waals surface area (Å²) in [4.78, 5) is 5.66. The molecule has 1 aromatic rings. The first-order chi connectivity index (χ1) is 8.79. The fraction of sp³-hybridized carbons (Fsp3) is 0.583. The average molecular weight is 292 g/mol. The quantitative estimate of drug-likeness (QED) is 0.911. The van der Waals surface area contributed by atoms with Gasteiger partial charge in [-0.05, 0) is 24.8 Å². The van der Waals surface area contributed by atoms with E-state index in [9.17, 15) is 13.2 Å². The van der Waals surface area contributed by atoms with Crippen LogP contribution in [0.15, 0.2) is 12.3 Å². The molecule has 0 unspecified atom stereocenters. The van der Waals surface area contributed by atoms with E-state index in [0.29, 0.717) is 24.8 Å². The van der Waals surface area contributed by atoms with Crippen LogP contribution in [0.2, 0.25) is 5.02 Å². The molecule has 3 nitrogen and oxygen atoms in total. The van der Waals surface area contributed by atoms with Crippen molar-refractivity contribution in [3.8, 4) is 0 Å². The summed E-state index contributed by atoms with van der Waals surface area (Å²) in [6.07, 6.45) is -1.33. The highest BCUT2D eigenvalue weighted by molar-refractivity contribution is 6.33. The van der Waals surface area contributed by atoms with Crippen LogP contribution in [-0.4, -0.2) is 23.6 Å². The first kappa shape index (κ1) is 13.0. The molecule has 1 aromatic heterocycles. The average Bonchev–Trinajstić information content (AvgIpc) is 3.07. The molecule has 2 heterocycles. The third-order valence-corrected chi connectivity index (χ3v) is 4.09. The van der Waals surface area contributed by atoms with E-state index >= 15 is 0 Å². The Morgan fingerprint density at radius 2 is 2.00 bits per heavy atom. The number of alkyl halides is 3. The molecule has 0 aromatic carbocycles. The van der Waals surface area contributed by atoms with E-state index in [0.717, 1.165) is 25.1 Å². The van der Waals surface area contributed by atoms with Gasteiger partial charge in [0.15, 0.2) is 0 Å². The van der Waals surface area contributed by atoms with Crippen LogP contribution in [0.4, 0.5) is 19.0 Å². The summed E-state index contributed by atoms with van der Waals surface area (Å²) in [7, 11) is 0. The first-order valence-electron chi connectivity index (χ1n) is 6.06. The van der Waals surface area contributed by atoms with Gasteiger partial charge >= 0.3 is 6.18 Å². The summed E-state index contributed by atoms with van der Waals surface area (Å²) in [5, 5.41) is 0.0210.